The van der Waals surface area contributed by atoms with Gasteiger partial charge in [0, 0.05) is 18.1 Å². The number of hydrogen-bond donors (Lipinski definition) is 1. The van der Waals surface area contributed by atoms with Crippen LogP contribution in [0.25, 0.3) is 11.0 Å². The van der Waals surface area contributed by atoms with Crippen molar-refractivity contribution in [2.75, 3.05) is 0 Å². The van der Waals surface area contributed by atoms with E-state index >= 15 is 0 Å². The first-order valence-electron chi connectivity index (χ1n) is 5.15. The summed E-state index contributed by atoms with van der Waals surface area (Å²) in [4.78, 5) is 0. The Kier molecular flexibility index (Phi) is 1.86. The lowest BCUT2D eigenvalue weighted by Gasteiger charge is -2.09. The maximum absolute atomic E-state index is 13.6. The lowest BCUT2D eigenvalue weighted by molar-refractivity contribution is 0.150. The van der Waals surface area contributed by atoms with Crippen LogP contribution in [-0.2, 0) is 6.42 Å². The highest BCUT2D eigenvalue weighted by molar-refractivity contribution is 5.81. The van der Waals surface area contributed by atoms with E-state index in [1.165, 1.54) is 12.3 Å². The number of aliphatic hydroxyl groups is 1. The molecule has 16 heavy (non-hydrogen) atoms. The largest absolute Gasteiger partial charge is 0.464 e. The fraction of sp³-hybridized carbons (Fsp3) is 0.333. The van der Waals surface area contributed by atoms with Gasteiger partial charge in [0.05, 0.1) is 17.3 Å². The highest BCUT2D eigenvalue weighted by Crippen LogP contribution is 2.40. The van der Waals surface area contributed by atoms with Gasteiger partial charge in [-0.3, -0.25) is 0 Å². The highest BCUT2D eigenvalue weighted by atomic mass is 19.1. The Morgan fingerprint density at radius 1 is 1.31 bits per heavy atom. The van der Waals surface area contributed by atoms with Crippen molar-refractivity contribution < 1.29 is 18.3 Å². The van der Waals surface area contributed by atoms with Gasteiger partial charge >= 0.3 is 0 Å². The molecule has 1 fully saturated rings. The van der Waals surface area contributed by atoms with Crippen molar-refractivity contribution in [3.63, 3.8) is 0 Å². The van der Waals surface area contributed by atoms with Gasteiger partial charge in [-0.05, 0) is 18.9 Å². The van der Waals surface area contributed by atoms with Gasteiger partial charge in [0.2, 0.25) is 0 Å². The molecule has 1 saturated carbocycles. The monoisotopic (exact) mass is 224 g/mol. The molecule has 0 amide bonds. The fourth-order valence-corrected chi connectivity index (χ4v) is 1.93. The molecular weight excluding hydrogens is 214 g/mol. The Bertz CT molecular complexity index is 555. The van der Waals surface area contributed by atoms with Gasteiger partial charge in [-0.1, -0.05) is 0 Å². The lowest BCUT2D eigenvalue weighted by atomic mass is 10.0. The number of rotatable bonds is 2. The molecule has 0 aliphatic heterocycles. The molecule has 0 atom stereocenters. The van der Waals surface area contributed by atoms with Gasteiger partial charge in [0.15, 0.2) is 0 Å². The van der Waals surface area contributed by atoms with E-state index in [0.29, 0.717) is 12.8 Å². The van der Waals surface area contributed by atoms with Crippen LogP contribution in [0.2, 0.25) is 0 Å². The minimum absolute atomic E-state index is 0.184. The van der Waals surface area contributed by atoms with E-state index < -0.39 is 17.2 Å². The van der Waals surface area contributed by atoms with Crippen molar-refractivity contribution in [3.8, 4) is 0 Å². The van der Waals surface area contributed by atoms with Crippen molar-refractivity contribution in [2.24, 2.45) is 0 Å². The van der Waals surface area contributed by atoms with Gasteiger partial charge in [-0.2, -0.15) is 0 Å². The molecule has 0 radical (unpaired) electrons. The molecule has 1 aromatic heterocycles. The second-order valence-electron chi connectivity index (χ2n) is 4.38. The van der Waals surface area contributed by atoms with Gasteiger partial charge in [-0.25, -0.2) is 8.78 Å². The quantitative estimate of drug-likeness (QED) is 0.850. The average molecular weight is 224 g/mol. The fourth-order valence-electron chi connectivity index (χ4n) is 1.93. The Labute approximate surface area is 90.5 Å². The summed E-state index contributed by atoms with van der Waals surface area (Å²) >= 11 is 0. The molecular formula is C12H10F2O2. The minimum atomic E-state index is -0.821. The van der Waals surface area contributed by atoms with Crippen LogP contribution in [-0.4, -0.2) is 10.7 Å². The van der Waals surface area contributed by atoms with Crippen LogP contribution >= 0.6 is 0 Å². The van der Waals surface area contributed by atoms with E-state index in [1.807, 2.05) is 0 Å². The number of fused-ring (bicyclic) bond motifs is 1. The summed E-state index contributed by atoms with van der Waals surface area (Å²) in [5.41, 5.74) is -0.350. The molecule has 1 N–H and O–H groups in total. The second-order valence-corrected chi connectivity index (χ2v) is 4.38. The van der Waals surface area contributed by atoms with Gasteiger partial charge < -0.3 is 9.52 Å². The smallest absolute Gasteiger partial charge is 0.143 e. The van der Waals surface area contributed by atoms with E-state index in [0.717, 1.165) is 6.07 Å². The zero-order chi connectivity index (χ0) is 11.3. The minimum Gasteiger partial charge on any atom is -0.464 e. The van der Waals surface area contributed by atoms with Gasteiger partial charge in [-0.15, -0.1) is 0 Å². The average Bonchev–Trinajstić information content (AvgIpc) is 2.79. The molecule has 1 aromatic carbocycles. The molecule has 84 valence electrons. The van der Waals surface area contributed by atoms with Gasteiger partial charge in [0.25, 0.3) is 0 Å². The molecule has 1 aliphatic carbocycles. The van der Waals surface area contributed by atoms with Crippen molar-refractivity contribution in [1.29, 1.82) is 0 Å². The normalized spacial score (nSPS) is 17.9. The zero-order valence-corrected chi connectivity index (χ0v) is 8.46. The van der Waals surface area contributed by atoms with E-state index in [-0.39, 0.29) is 23.0 Å². The summed E-state index contributed by atoms with van der Waals surface area (Å²) in [5.74, 6) is -1.28. The molecule has 1 aliphatic rings. The standard InChI is InChI=1S/C12H10F2O2/c13-9-5-10(14)8(6-12(15)2-3-12)11-7(9)1-4-16-11/h1,4-5,15H,2-3,6H2. The third kappa shape index (κ3) is 1.41. The number of halogens is 2. The highest BCUT2D eigenvalue weighted by Gasteiger charge is 2.41. The van der Waals surface area contributed by atoms with Crippen molar-refractivity contribution in [1.82, 2.24) is 0 Å². The Morgan fingerprint density at radius 3 is 2.75 bits per heavy atom. The van der Waals surface area contributed by atoms with Crippen LogP contribution in [0.3, 0.4) is 0 Å². The summed E-state index contributed by atoms with van der Waals surface area (Å²) in [6.07, 6.45) is 2.83. The van der Waals surface area contributed by atoms with E-state index in [2.05, 4.69) is 0 Å². The lowest BCUT2D eigenvalue weighted by Crippen LogP contribution is -2.12. The van der Waals surface area contributed by atoms with E-state index in [4.69, 9.17) is 4.42 Å². The summed E-state index contributed by atoms with van der Waals surface area (Å²) < 4.78 is 32.0. The third-order valence-corrected chi connectivity index (χ3v) is 3.07. The second kappa shape index (κ2) is 3.04. The van der Waals surface area contributed by atoms with Crippen molar-refractivity contribution in [2.45, 2.75) is 24.9 Å². The first kappa shape index (κ1) is 9.78. The maximum Gasteiger partial charge on any atom is 0.143 e. The Hall–Kier alpha value is -1.42. The van der Waals surface area contributed by atoms with E-state index in [9.17, 15) is 13.9 Å². The number of furan rings is 1. The molecule has 0 unspecified atom stereocenters. The van der Waals surface area contributed by atoms with Crippen LogP contribution in [0.4, 0.5) is 8.78 Å². The van der Waals surface area contributed by atoms with Crippen LogP contribution < -0.4 is 0 Å². The first-order valence-corrected chi connectivity index (χ1v) is 5.15. The number of benzene rings is 1. The van der Waals surface area contributed by atoms with Crippen molar-refractivity contribution in [3.05, 3.63) is 35.6 Å². The zero-order valence-electron chi connectivity index (χ0n) is 8.46. The molecule has 4 heteroatoms. The predicted molar refractivity (Wildman–Crippen MR) is 54.0 cm³/mol. The summed E-state index contributed by atoms with van der Waals surface area (Å²) in [6, 6.07) is 2.31. The number of hydrogen-bond acceptors (Lipinski definition) is 2. The summed E-state index contributed by atoms with van der Waals surface area (Å²) in [7, 11) is 0. The van der Waals surface area contributed by atoms with E-state index in [1.54, 1.807) is 0 Å². The molecule has 0 saturated heterocycles. The molecule has 0 bridgehead atoms. The van der Waals surface area contributed by atoms with Gasteiger partial charge in [0.1, 0.15) is 17.2 Å². The molecule has 0 spiro atoms. The summed E-state index contributed by atoms with van der Waals surface area (Å²) in [5, 5.41) is 10.0. The predicted octanol–water partition coefficient (Wildman–Crippen LogP) is 2.78. The van der Waals surface area contributed by atoms with Crippen LogP contribution in [0.5, 0.6) is 0 Å². The molecule has 3 rings (SSSR count). The third-order valence-electron chi connectivity index (χ3n) is 3.07. The first-order chi connectivity index (χ1) is 7.59. The van der Waals surface area contributed by atoms with Crippen LogP contribution in [0.15, 0.2) is 22.8 Å². The molecule has 1 heterocycles. The Balaban J connectivity index is 2.18. The summed E-state index contributed by atoms with van der Waals surface area (Å²) in [6.45, 7) is 0. The molecule has 2 nitrogen and oxygen atoms in total. The van der Waals surface area contributed by atoms with Crippen LogP contribution in [0, 0.1) is 11.6 Å². The molecule has 2 aromatic rings. The topological polar surface area (TPSA) is 33.4 Å². The SMILES string of the molecule is OC1(Cc2c(F)cc(F)c3ccoc23)CC1. The Morgan fingerprint density at radius 2 is 2.06 bits per heavy atom. The van der Waals surface area contributed by atoms with Crippen molar-refractivity contribution >= 4 is 11.0 Å². The van der Waals surface area contributed by atoms with Crippen LogP contribution in [0.1, 0.15) is 18.4 Å². The maximum atomic E-state index is 13.6.